The van der Waals surface area contributed by atoms with Crippen molar-refractivity contribution in [3.8, 4) is 0 Å². The van der Waals surface area contributed by atoms with Crippen LogP contribution in [0.2, 0.25) is 0 Å². The van der Waals surface area contributed by atoms with Crippen LogP contribution in [0.5, 0.6) is 0 Å². The summed E-state index contributed by atoms with van der Waals surface area (Å²) >= 11 is 1.92. The number of hydrogen-bond acceptors (Lipinski definition) is 3. The van der Waals surface area contributed by atoms with Crippen LogP contribution in [0.4, 0.5) is 0 Å². The highest BCUT2D eigenvalue weighted by Gasteiger charge is 2.34. The van der Waals surface area contributed by atoms with Crippen LogP contribution in [0.1, 0.15) is 49.7 Å². The molecule has 16 heavy (non-hydrogen) atoms. The molecule has 0 aromatic carbocycles. The van der Waals surface area contributed by atoms with E-state index in [-0.39, 0.29) is 5.54 Å². The first-order valence-corrected chi connectivity index (χ1v) is 7.13. The summed E-state index contributed by atoms with van der Waals surface area (Å²) < 4.78 is 0. The van der Waals surface area contributed by atoms with E-state index in [0.29, 0.717) is 5.92 Å². The molecule has 1 aromatic rings. The highest BCUT2D eigenvalue weighted by atomic mass is 32.1. The third kappa shape index (κ3) is 1.91. The van der Waals surface area contributed by atoms with E-state index >= 15 is 0 Å². The lowest BCUT2D eigenvalue weighted by atomic mass is 9.89. The van der Waals surface area contributed by atoms with E-state index < -0.39 is 0 Å². The first-order chi connectivity index (χ1) is 7.58. The first-order valence-electron chi connectivity index (χ1n) is 6.32. The average Bonchev–Trinajstić information content (AvgIpc) is 2.76. The van der Waals surface area contributed by atoms with Crippen LogP contribution < -0.4 is 5.32 Å². The van der Waals surface area contributed by atoms with Gasteiger partial charge < -0.3 is 5.32 Å². The maximum absolute atomic E-state index is 4.86. The maximum atomic E-state index is 4.86. The second-order valence-electron chi connectivity index (χ2n) is 5.13. The molecule has 1 aliphatic rings. The predicted molar refractivity (Wildman–Crippen MR) is 70.0 cm³/mol. The van der Waals surface area contributed by atoms with Crippen molar-refractivity contribution in [2.24, 2.45) is 5.92 Å². The third-order valence-electron chi connectivity index (χ3n) is 3.74. The lowest BCUT2D eigenvalue weighted by Crippen LogP contribution is -2.43. The minimum Gasteiger partial charge on any atom is -0.306 e. The summed E-state index contributed by atoms with van der Waals surface area (Å²) in [4.78, 5) is 6.39. The molecule has 2 rings (SSSR count). The van der Waals surface area contributed by atoms with Crippen molar-refractivity contribution < 1.29 is 0 Å². The Morgan fingerprint density at radius 2 is 2.19 bits per heavy atom. The van der Waals surface area contributed by atoms with E-state index in [1.165, 1.54) is 34.8 Å². The molecule has 0 saturated heterocycles. The van der Waals surface area contributed by atoms with Crippen LogP contribution in [0.15, 0.2) is 0 Å². The minimum absolute atomic E-state index is 0.0454. The van der Waals surface area contributed by atoms with Crippen molar-refractivity contribution in [1.82, 2.24) is 10.3 Å². The fourth-order valence-electron chi connectivity index (χ4n) is 2.31. The van der Waals surface area contributed by atoms with Gasteiger partial charge in [0.05, 0.1) is 11.2 Å². The van der Waals surface area contributed by atoms with E-state index in [0.717, 1.165) is 6.54 Å². The van der Waals surface area contributed by atoms with Gasteiger partial charge in [-0.2, -0.15) is 0 Å². The zero-order chi connectivity index (χ0) is 11.8. The van der Waals surface area contributed by atoms with Gasteiger partial charge in [0.1, 0.15) is 5.01 Å². The second-order valence-corrected chi connectivity index (χ2v) is 6.21. The van der Waals surface area contributed by atoms with E-state index in [4.69, 9.17) is 4.98 Å². The molecule has 1 unspecified atom stereocenters. The SMILES string of the molecule is CCNC(C)(c1nc2c(s1)CCC2)C(C)C. The summed E-state index contributed by atoms with van der Waals surface area (Å²) in [6, 6.07) is 0. The van der Waals surface area contributed by atoms with Crippen LogP contribution >= 0.6 is 11.3 Å². The Labute approximate surface area is 102 Å². The number of nitrogens with zero attached hydrogens (tertiary/aromatic N) is 1. The minimum atomic E-state index is 0.0454. The van der Waals surface area contributed by atoms with E-state index in [1.54, 1.807) is 0 Å². The van der Waals surface area contributed by atoms with Gasteiger partial charge in [-0.05, 0) is 38.6 Å². The smallest absolute Gasteiger partial charge is 0.113 e. The van der Waals surface area contributed by atoms with Crippen LogP contribution in [0.25, 0.3) is 0 Å². The molecule has 1 aromatic heterocycles. The van der Waals surface area contributed by atoms with Crippen LogP contribution in [0, 0.1) is 5.92 Å². The summed E-state index contributed by atoms with van der Waals surface area (Å²) in [5.41, 5.74) is 1.41. The molecule has 1 aliphatic carbocycles. The highest BCUT2D eigenvalue weighted by molar-refractivity contribution is 7.12. The monoisotopic (exact) mass is 238 g/mol. The van der Waals surface area contributed by atoms with Gasteiger partial charge in [-0.1, -0.05) is 20.8 Å². The van der Waals surface area contributed by atoms with Crippen molar-refractivity contribution in [2.45, 2.75) is 52.5 Å². The molecule has 1 heterocycles. The number of rotatable bonds is 4. The summed E-state index contributed by atoms with van der Waals surface area (Å²) in [5.74, 6) is 0.568. The Kier molecular flexibility index (Phi) is 3.36. The van der Waals surface area contributed by atoms with Gasteiger partial charge in [0.25, 0.3) is 0 Å². The quantitative estimate of drug-likeness (QED) is 0.872. The van der Waals surface area contributed by atoms with Crippen LogP contribution in [-0.2, 0) is 18.4 Å². The average molecular weight is 238 g/mol. The molecule has 3 heteroatoms. The molecular weight excluding hydrogens is 216 g/mol. The number of aryl methyl sites for hydroxylation is 2. The lowest BCUT2D eigenvalue weighted by Gasteiger charge is -2.32. The van der Waals surface area contributed by atoms with Gasteiger partial charge in [-0.15, -0.1) is 11.3 Å². The fraction of sp³-hybridized carbons (Fsp3) is 0.769. The number of thiazole rings is 1. The van der Waals surface area contributed by atoms with Gasteiger partial charge in [-0.25, -0.2) is 4.98 Å². The highest BCUT2D eigenvalue weighted by Crippen LogP contribution is 2.36. The summed E-state index contributed by atoms with van der Waals surface area (Å²) in [7, 11) is 0. The van der Waals surface area contributed by atoms with Crippen molar-refractivity contribution >= 4 is 11.3 Å². The number of nitrogens with one attached hydrogen (secondary N) is 1. The first kappa shape index (κ1) is 12.1. The topological polar surface area (TPSA) is 24.9 Å². The second kappa shape index (κ2) is 4.46. The number of fused-ring (bicyclic) bond motifs is 1. The van der Waals surface area contributed by atoms with Crippen molar-refractivity contribution in [3.05, 3.63) is 15.6 Å². The molecule has 1 atom stereocenters. The Morgan fingerprint density at radius 3 is 2.75 bits per heavy atom. The zero-order valence-corrected chi connectivity index (χ0v) is 11.6. The third-order valence-corrected chi connectivity index (χ3v) is 5.13. The largest absolute Gasteiger partial charge is 0.306 e. The lowest BCUT2D eigenvalue weighted by molar-refractivity contribution is 0.270. The molecule has 0 bridgehead atoms. The van der Waals surface area contributed by atoms with E-state index in [2.05, 4.69) is 33.0 Å². The standard InChI is InChI=1S/C13H22N2S/c1-5-14-13(4,9(2)3)12-15-10-7-6-8-11(10)16-12/h9,14H,5-8H2,1-4H3. The van der Waals surface area contributed by atoms with E-state index in [1.807, 2.05) is 11.3 Å². The van der Waals surface area contributed by atoms with Gasteiger partial charge in [0, 0.05) is 4.88 Å². The molecular formula is C13H22N2S. The van der Waals surface area contributed by atoms with Crippen molar-refractivity contribution in [2.75, 3.05) is 6.54 Å². The molecule has 1 N–H and O–H groups in total. The van der Waals surface area contributed by atoms with E-state index in [9.17, 15) is 0 Å². The Morgan fingerprint density at radius 1 is 1.44 bits per heavy atom. The predicted octanol–water partition coefficient (Wildman–Crippen LogP) is 3.11. The fourth-order valence-corrected chi connectivity index (χ4v) is 3.73. The van der Waals surface area contributed by atoms with Gasteiger partial charge >= 0.3 is 0 Å². The summed E-state index contributed by atoms with van der Waals surface area (Å²) in [6.07, 6.45) is 3.73. The van der Waals surface area contributed by atoms with Crippen molar-refractivity contribution in [1.29, 1.82) is 0 Å². The van der Waals surface area contributed by atoms with Crippen LogP contribution in [0.3, 0.4) is 0 Å². The molecule has 0 radical (unpaired) electrons. The molecule has 0 aliphatic heterocycles. The Bertz CT molecular complexity index is 349. The van der Waals surface area contributed by atoms with Crippen LogP contribution in [-0.4, -0.2) is 11.5 Å². The normalized spacial score (nSPS) is 18.8. The molecule has 0 saturated carbocycles. The molecule has 0 spiro atoms. The molecule has 90 valence electrons. The summed E-state index contributed by atoms with van der Waals surface area (Å²) in [5, 5.41) is 4.90. The maximum Gasteiger partial charge on any atom is 0.113 e. The van der Waals surface area contributed by atoms with Gasteiger partial charge in [0.2, 0.25) is 0 Å². The molecule has 2 nitrogen and oxygen atoms in total. The summed E-state index contributed by atoms with van der Waals surface area (Å²) in [6.45, 7) is 10.0. The number of aromatic nitrogens is 1. The van der Waals surface area contributed by atoms with Gasteiger partial charge in [0.15, 0.2) is 0 Å². The Balaban J connectivity index is 2.32. The van der Waals surface area contributed by atoms with Gasteiger partial charge in [-0.3, -0.25) is 0 Å². The Hall–Kier alpha value is -0.410. The number of hydrogen-bond donors (Lipinski definition) is 1. The zero-order valence-electron chi connectivity index (χ0n) is 10.8. The molecule has 0 fully saturated rings. The van der Waals surface area contributed by atoms with Crippen molar-refractivity contribution in [3.63, 3.8) is 0 Å². The molecule has 0 amide bonds.